The first-order chi connectivity index (χ1) is 12.0. The highest BCUT2D eigenvalue weighted by atomic mass is 79.9. The molecular weight excluding hydrogens is 380 g/mol. The number of hydrogen-bond acceptors (Lipinski definition) is 3. The van der Waals surface area contributed by atoms with Crippen LogP contribution in [0.15, 0.2) is 33.8 Å². The summed E-state index contributed by atoms with van der Waals surface area (Å²) in [6.07, 6.45) is 8.61. The van der Waals surface area contributed by atoms with E-state index in [0.717, 1.165) is 41.5 Å². The van der Waals surface area contributed by atoms with Crippen molar-refractivity contribution in [3.63, 3.8) is 0 Å². The van der Waals surface area contributed by atoms with E-state index in [1.807, 2.05) is 12.1 Å². The predicted octanol–water partition coefficient (Wildman–Crippen LogP) is 3.94. The molecule has 1 heterocycles. The number of rotatable bonds is 3. The number of hydrogen-bond donors (Lipinski definition) is 0. The van der Waals surface area contributed by atoms with Crippen LogP contribution in [-0.2, 0) is 11.3 Å². The Hall–Kier alpha value is -1.49. The predicted molar refractivity (Wildman–Crippen MR) is 99.3 cm³/mol. The van der Waals surface area contributed by atoms with Gasteiger partial charge in [-0.2, -0.15) is 0 Å². The average molecular weight is 401 g/mol. The van der Waals surface area contributed by atoms with E-state index in [0.29, 0.717) is 10.9 Å². The summed E-state index contributed by atoms with van der Waals surface area (Å²) < 4.78 is 2.36. The van der Waals surface area contributed by atoms with Gasteiger partial charge in [0.2, 0.25) is 0 Å². The fraction of sp³-hybridized carbons (Fsp3) is 0.550. The number of aromatic nitrogens is 2. The lowest BCUT2D eigenvalue weighted by Gasteiger charge is -2.56. The Morgan fingerprint density at radius 2 is 1.80 bits per heavy atom. The van der Waals surface area contributed by atoms with E-state index in [-0.39, 0.29) is 23.3 Å². The van der Waals surface area contributed by atoms with Crippen molar-refractivity contribution in [2.75, 3.05) is 0 Å². The summed E-state index contributed by atoms with van der Waals surface area (Å²) in [6, 6.07) is 5.49. The van der Waals surface area contributed by atoms with Gasteiger partial charge in [-0.25, -0.2) is 4.98 Å². The molecule has 130 valence electrons. The number of ketones is 1. The molecule has 4 aliphatic carbocycles. The number of fused-ring (bicyclic) bond motifs is 1. The maximum absolute atomic E-state index is 13.2. The van der Waals surface area contributed by atoms with E-state index in [1.54, 1.807) is 6.07 Å². The second kappa shape index (κ2) is 5.50. The lowest BCUT2D eigenvalue weighted by atomic mass is 9.48. The Morgan fingerprint density at radius 3 is 2.44 bits per heavy atom. The van der Waals surface area contributed by atoms with Crippen molar-refractivity contribution >= 4 is 32.6 Å². The first kappa shape index (κ1) is 15.7. The molecule has 4 saturated carbocycles. The molecule has 1 aromatic heterocycles. The highest BCUT2D eigenvalue weighted by molar-refractivity contribution is 9.10. The zero-order valence-electron chi connectivity index (χ0n) is 14.1. The zero-order valence-corrected chi connectivity index (χ0v) is 15.7. The summed E-state index contributed by atoms with van der Waals surface area (Å²) in [4.78, 5) is 30.4. The van der Waals surface area contributed by atoms with Gasteiger partial charge < -0.3 is 0 Å². The molecule has 0 unspecified atom stereocenters. The van der Waals surface area contributed by atoms with Crippen LogP contribution in [0, 0.1) is 23.2 Å². The molecule has 4 aliphatic rings. The van der Waals surface area contributed by atoms with Crippen LogP contribution in [0.5, 0.6) is 0 Å². The third kappa shape index (κ3) is 2.50. The molecule has 0 N–H and O–H groups in total. The van der Waals surface area contributed by atoms with Gasteiger partial charge in [0.05, 0.1) is 23.8 Å². The number of Topliss-reactive ketones (excluding diaryl/α,β-unsaturated/α-hetero) is 1. The lowest BCUT2D eigenvalue weighted by Crippen LogP contribution is -2.51. The monoisotopic (exact) mass is 400 g/mol. The Bertz CT molecular complexity index is 898. The molecule has 2 aromatic rings. The molecule has 0 aliphatic heterocycles. The van der Waals surface area contributed by atoms with Crippen LogP contribution in [-0.4, -0.2) is 15.3 Å². The molecule has 4 nitrogen and oxygen atoms in total. The normalized spacial score (nSPS) is 33.1. The quantitative estimate of drug-likeness (QED) is 0.783. The molecule has 4 fully saturated rings. The second-order valence-electron chi connectivity index (χ2n) is 8.46. The molecule has 4 bridgehead atoms. The van der Waals surface area contributed by atoms with Crippen LogP contribution < -0.4 is 5.56 Å². The lowest BCUT2D eigenvalue weighted by molar-refractivity contribution is -0.144. The molecule has 0 amide bonds. The molecule has 1 aromatic carbocycles. The summed E-state index contributed by atoms with van der Waals surface area (Å²) in [5, 5.41) is 0.565. The fourth-order valence-electron chi connectivity index (χ4n) is 6.02. The minimum atomic E-state index is -0.166. The zero-order chi connectivity index (χ0) is 17.2. The minimum absolute atomic E-state index is 0.121. The fourth-order valence-corrected chi connectivity index (χ4v) is 6.38. The maximum Gasteiger partial charge on any atom is 0.261 e. The highest BCUT2D eigenvalue weighted by Crippen LogP contribution is 2.60. The Kier molecular flexibility index (Phi) is 3.46. The largest absolute Gasteiger partial charge is 0.297 e. The molecule has 5 heteroatoms. The van der Waals surface area contributed by atoms with Crippen LogP contribution in [0.4, 0.5) is 0 Å². The van der Waals surface area contributed by atoms with Crippen molar-refractivity contribution in [3.8, 4) is 0 Å². The number of halogens is 1. The minimum Gasteiger partial charge on any atom is -0.297 e. The number of nitrogens with zero attached hydrogens (tertiary/aromatic N) is 2. The Labute approximate surface area is 154 Å². The van der Waals surface area contributed by atoms with E-state index in [4.69, 9.17) is 0 Å². The molecule has 0 saturated heterocycles. The summed E-state index contributed by atoms with van der Waals surface area (Å²) in [5.41, 5.74) is 0.386. The first-order valence-corrected chi connectivity index (χ1v) is 10.00. The number of carbonyl (C=O) groups excluding carboxylic acids is 1. The number of carbonyl (C=O) groups is 1. The summed E-state index contributed by atoms with van der Waals surface area (Å²) in [5.74, 6) is 2.46. The van der Waals surface area contributed by atoms with E-state index in [2.05, 4.69) is 20.9 Å². The summed E-state index contributed by atoms with van der Waals surface area (Å²) in [7, 11) is 0. The topological polar surface area (TPSA) is 52.0 Å². The van der Waals surface area contributed by atoms with Crippen LogP contribution in [0.25, 0.3) is 10.9 Å². The van der Waals surface area contributed by atoms with Crippen LogP contribution in [0.3, 0.4) is 0 Å². The van der Waals surface area contributed by atoms with Crippen LogP contribution >= 0.6 is 15.9 Å². The van der Waals surface area contributed by atoms with Gasteiger partial charge in [0, 0.05) is 9.89 Å². The molecule has 0 radical (unpaired) electrons. The van der Waals surface area contributed by atoms with E-state index in [9.17, 15) is 9.59 Å². The van der Waals surface area contributed by atoms with Crippen LogP contribution in [0.1, 0.15) is 38.5 Å². The van der Waals surface area contributed by atoms with Crippen molar-refractivity contribution < 1.29 is 4.79 Å². The Balaban J connectivity index is 1.48. The van der Waals surface area contributed by atoms with Gasteiger partial charge in [0.15, 0.2) is 5.78 Å². The van der Waals surface area contributed by atoms with E-state index >= 15 is 0 Å². The van der Waals surface area contributed by atoms with Gasteiger partial charge in [-0.05, 0) is 74.5 Å². The van der Waals surface area contributed by atoms with Crippen LogP contribution in [0.2, 0.25) is 0 Å². The second-order valence-corrected chi connectivity index (χ2v) is 9.38. The maximum atomic E-state index is 13.2. The summed E-state index contributed by atoms with van der Waals surface area (Å²) >= 11 is 3.41. The van der Waals surface area contributed by atoms with Gasteiger partial charge in [-0.15, -0.1) is 0 Å². The number of benzene rings is 1. The third-order valence-electron chi connectivity index (χ3n) is 6.73. The van der Waals surface area contributed by atoms with Gasteiger partial charge in [-0.1, -0.05) is 15.9 Å². The SMILES string of the molecule is O=C(Cn1cnc2ccc(Br)cc2c1=O)C12CC3CC(CC(C3)C1)C2. The highest BCUT2D eigenvalue weighted by Gasteiger charge is 2.54. The molecule has 25 heavy (non-hydrogen) atoms. The van der Waals surface area contributed by atoms with Crippen molar-refractivity contribution in [3.05, 3.63) is 39.4 Å². The van der Waals surface area contributed by atoms with Gasteiger partial charge >= 0.3 is 0 Å². The molecule has 0 spiro atoms. The van der Waals surface area contributed by atoms with Gasteiger partial charge in [0.1, 0.15) is 0 Å². The van der Waals surface area contributed by atoms with E-state index < -0.39 is 0 Å². The first-order valence-electron chi connectivity index (χ1n) is 9.20. The van der Waals surface area contributed by atoms with E-state index in [1.165, 1.54) is 30.2 Å². The molecular formula is C20H21BrN2O2. The third-order valence-corrected chi connectivity index (χ3v) is 7.22. The van der Waals surface area contributed by atoms with Crippen molar-refractivity contribution in [1.29, 1.82) is 0 Å². The Morgan fingerprint density at radius 1 is 1.16 bits per heavy atom. The standard InChI is InChI=1S/C20H21BrN2O2/c21-15-1-2-17-16(6-15)19(25)23(11-22-17)10-18(24)20-7-12-3-13(8-20)5-14(4-12)9-20/h1-2,6,11-14H,3-5,7-10H2. The van der Waals surface area contributed by atoms with Gasteiger partial charge in [0.25, 0.3) is 5.56 Å². The molecule has 0 atom stereocenters. The van der Waals surface area contributed by atoms with Gasteiger partial charge in [-0.3, -0.25) is 14.2 Å². The van der Waals surface area contributed by atoms with Crippen molar-refractivity contribution in [2.45, 2.75) is 45.1 Å². The summed E-state index contributed by atoms with van der Waals surface area (Å²) in [6.45, 7) is 0.167. The average Bonchev–Trinajstić information content (AvgIpc) is 2.56. The van der Waals surface area contributed by atoms with Crippen molar-refractivity contribution in [1.82, 2.24) is 9.55 Å². The van der Waals surface area contributed by atoms with Crippen molar-refractivity contribution in [2.24, 2.45) is 23.2 Å². The smallest absolute Gasteiger partial charge is 0.261 e. The molecule has 6 rings (SSSR count).